The second-order valence-electron chi connectivity index (χ2n) is 4.18. The largest absolute Gasteiger partial charge is 0.389 e. The number of benzene rings is 2. The number of halogens is 1. The fraction of sp³-hybridized carbons (Fsp3) is 0.133. The van der Waals surface area contributed by atoms with Crippen molar-refractivity contribution in [3.05, 3.63) is 65.5 Å². The molecule has 0 heterocycles. The van der Waals surface area contributed by atoms with Gasteiger partial charge in [-0.2, -0.15) is 0 Å². The molecule has 0 aromatic heterocycles. The first kappa shape index (κ1) is 13.5. The maximum atomic E-state index is 13.5. The molecule has 0 unspecified atom stereocenters. The number of nitrogens with two attached hydrogens (primary N) is 1. The fourth-order valence-electron chi connectivity index (χ4n) is 1.89. The van der Waals surface area contributed by atoms with Gasteiger partial charge < -0.3 is 11.1 Å². The van der Waals surface area contributed by atoms with Crippen LogP contribution in [0.15, 0.2) is 48.5 Å². The molecule has 0 spiro atoms. The van der Waals surface area contributed by atoms with Gasteiger partial charge in [0, 0.05) is 17.8 Å². The zero-order valence-corrected chi connectivity index (χ0v) is 11.2. The van der Waals surface area contributed by atoms with Crippen LogP contribution in [0.4, 0.5) is 10.1 Å². The van der Waals surface area contributed by atoms with Crippen LogP contribution >= 0.6 is 12.2 Å². The molecule has 2 aromatic carbocycles. The number of rotatable bonds is 5. The van der Waals surface area contributed by atoms with Crippen molar-refractivity contribution in [1.29, 1.82) is 0 Å². The highest BCUT2D eigenvalue weighted by Crippen LogP contribution is 2.15. The predicted octanol–water partition coefficient (Wildman–Crippen LogP) is 3.11. The van der Waals surface area contributed by atoms with Gasteiger partial charge in [0.25, 0.3) is 0 Å². The van der Waals surface area contributed by atoms with E-state index in [1.54, 1.807) is 12.1 Å². The van der Waals surface area contributed by atoms with Crippen molar-refractivity contribution >= 4 is 22.9 Å². The summed E-state index contributed by atoms with van der Waals surface area (Å²) in [5, 5.41) is 3.24. The summed E-state index contributed by atoms with van der Waals surface area (Å²) in [7, 11) is 0. The van der Waals surface area contributed by atoms with E-state index in [1.165, 1.54) is 6.07 Å². The van der Waals surface area contributed by atoms with Crippen molar-refractivity contribution in [2.24, 2.45) is 5.73 Å². The lowest BCUT2D eigenvalue weighted by atomic mass is 10.1. The standard InChI is InChI=1S/C15H15FN2S/c16-13-7-3-1-5-11(13)9-10-18-14-8-4-2-6-12(14)15(17)19/h1-8,18H,9-10H2,(H2,17,19). The Balaban J connectivity index is 2.00. The minimum absolute atomic E-state index is 0.174. The Labute approximate surface area is 117 Å². The van der Waals surface area contributed by atoms with E-state index in [0.29, 0.717) is 23.5 Å². The molecule has 0 aliphatic rings. The van der Waals surface area contributed by atoms with E-state index in [-0.39, 0.29) is 5.82 Å². The van der Waals surface area contributed by atoms with E-state index in [0.717, 1.165) is 11.3 Å². The minimum Gasteiger partial charge on any atom is -0.389 e. The van der Waals surface area contributed by atoms with Gasteiger partial charge in [-0.3, -0.25) is 0 Å². The average molecular weight is 274 g/mol. The average Bonchev–Trinajstić information content (AvgIpc) is 2.41. The zero-order valence-electron chi connectivity index (χ0n) is 10.4. The van der Waals surface area contributed by atoms with E-state index in [4.69, 9.17) is 18.0 Å². The minimum atomic E-state index is -0.174. The Morgan fingerprint density at radius 3 is 2.53 bits per heavy atom. The number of nitrogens with one attached hydrogen (secondary N) is 1. The third-order valence-electron chi connectivity index (χ3n) is 2.86. The van der Waals surface area contributed by atoms with Gasteiger partial charge in [0.05, 0.1) is 0 Å². The van der Waals surface area contributed by atoms with E-state index in [1.807, 2.05) is 30.3 Å². The van der Waals surface area contributed by atoms with Crippen molar-refractivity contribution in [3.8, 4) is 0 Å². The van der Waals surface area contributed by atoms with Gasteiger partial charge in [0.2, 0.25) is 0 Å². The van der Waals surface area contributed by atoms with Crippen molar-refractivity contribution in [1.82, 2.24) is 0 Å². The molecule has 3 N–H and O–H groups in total. The monoisotopic (exact) mass is 274 g/mol. The van der Waals surface area contributed by atoms with Gasteiger partial charge in [-0.25, -0.2) is 4.39 Å². The molecule has 0 radical (unpaired) electrons. The van der Waals surface area contributed by atoms with Gasteiger partial charge in [-0.1, -0.05) is 42.5 Å². The molecule has 0 aliphatic heterocycles. The summed E-state index contributed by atoms with van der Waals surface area (Å²) in [6, 6.07) is 14.4. The Morgan fingerprint density at radius 2 is 1.79 bits per heavy atom. The maximum Gasteiger partial charge on any atom is 0.126 e. The zero-order chi connectivity index (χ0) is 13.7. The summed E-state index contributed by atoms with van der Waals surface area (Å²) in [6.45, 7) is 0.626. The molecule has 98 valence electrons. The molecule has 0 amide bonds. The van der Waals surface area contributed by atoms with Crippen LogP contribution in [0.1, 0.15) is 11.1 Å². The van der Waals surface area contributed by atoms with Crippen molar-refractivity contribution < 1.29 is 4.39 Å². The summed E-state index contributed by atoms with van der Waals surface area (Å²) in [6.07, 6.45) is 0.609. The molecule has 2 nitrogen and oxygen atoms in total. The second-order valence-corrected chi connectivity index (χ2v) is 4.62. The van der Waals surface area contributed by atoms with Crippen LogP contribution in [-0.2, 0) is 6.42 Å². The third-order valence-corrected chi connectivity index (χ3v) is 3.08. The molecule has 2 rings (SSSR count). The topological polar surface area (TPSA) is 38.0 Å². The van der Waals surface area contributed by atoms with Crippen LogP contribution in [0, 0.1) is 5.82 Å². The van der Waals surface area contributed by atoms with Gasteiger partial charge >= 0.3 is 0 Å². The number of anilines is 1. The third kappa shape index (κ3) is 3.51. The molecule has 4 heteroatoms. The summed E-state index contributed by atoms with van der Waals surface area (Å²) >= 11 is 4.99. The first-order valence-electron chi connectivity index (χ1n) is 6.04. The van der Waals surface area contributed by atoms with Gasteiger partial charge in [0.1, 0.15) is 10.8 Å². The van der Waals surface area contributed by atoms with E-state index < -0.39 is 0 Å². The molecule has 0 aliphatic carbocycles. The molecule has 0 bridgehead atoms. The molecule has 0 fully saturated rings. The number of hydrogen-bond donors (Lipinski definition) is 2. The van der Waals surface area contributed by atoms with E-state index in [2.05, 4.69) is 5.32 Å². The fourth-order valence-corrected chi connectivity index (χ4v) is 2.06. The highest BCUT2D eigenvalue weighted by atomic mass is 32.1. The van der Waals surface area contributed by atoms with Crippen LogP contribution in [0.3, 0.4) is 0 Å². The molecule has 0 saturated carbocycles. The summed E-state index contributed by atoms with van der Waals surface area (Å²) in [4.78, 5) is 0.356. The molecular weight excluding hydrogens is 259 g/mol. The number of hydrogen-bond acceptors (Lipinski definition) is 2. The number of thiocarbonyl (C=S) groups is 1. The van der Waals surface area contributed by atoms with Gasteiger partial charge in [-0.15, -0.1) is 0 Å². The van der Waals surface area contributed by atoms with Crippen LogP contribution in [0.5, 0.6) is 0 Å². The number of para-hydroxylation sites is 1. The molecule has 2 aromatic rings. The highest BCUT2D eigenvalue weighted by Gasteiger charge is 2.04. The highest BCUT2D eigenvalue weighted by molar-refractivity contribution is 7.80. The molecule has 19 heavy (non-hydrogen) atoms. The quantitative estimate of drug-likeness (QED) is 0.823. The van der Waals surface area contributed by atoms with Gasteiger partial charge in [-0.05, 0) is 30.2 Å². The van der Waals surface area contributed by atoms with Crippen LogP contribution in [0.25, 0.3) is 0 Å². The predicted molar refractivity (Wildman–Crippen MR) is 80.9 cm³/mol. The Morgan fingerprint density at radius 1 is 1.11 bits per heavy atom. The Kier molecular flexibility index (Phi) is 4.47. The summed E-state index contributed by atoms with van der Waals surface area (Å²) < 4.78 is 13.5. The van der Waals surface area contributed by atoms with Crippen molar-refractivity contribution in [3.63, 3.8) is 0 Å². The Hall–Kier alpha value is -1.94. The lowest BCUT2D eigenvalue weighted by molar-refractivity contribution is 0.610. The summed E-state index contributed by atoms with van der Waals surface area (Å²) in [5.41, 5.74) is 8.04. The Bertz CT molecular complexity index is 584. The SMILES string of the molecule is NC(=S)c1ccccc1NCCc1ccccc1F. The van der Waals surface area contributed by atoms with E-state index >= 15 is 0 Å². The van der Waals surface area contributed by atoms with Gasteiger partial charge in [0.15, 0.2) is 0 Å². The normalized spacial score (nSPS) is 10.2. The molecule has 0 atom stereocenters. The molecule has 0 saturated heterocycles. The lowest BCUT2D eigenvalue weighted by Crippen LogP contribution is -2.14. The smallest absolute Gasteiger partial charge is 0.126 e. The summed E-state index contributed by atoms with van der Waals surface area (Å²) in [5.74, 6) is -0.174. The molecular formula is C15H15FN2S. The lowest BCUT2D eigenvalue weighted by Gasteiger charge is -2.11. The van der Waals surface area contributed by atoms with Crippen molar-refractivity contribution in [2.75, 3.05) is 11.9 Å². The second kappa shape index (κ2) is 6.29. The maximum absolute atomic E-state index is 13.5. The van der Waals surface area contributed by atoms with Crippen molar-refractivity contribution in [2.45, 2.75) is 6.42 Å². The van der Waals surface area contributed by atoms with Crippen LogP contribution in [-0.4, -0.2) is 11.5 Å². The van der Waals surface area contributed by atoms with E-state index in [9.17, 15) is 4.39 Å². The van der Waals surface area contributed by atoms with Crippen LogP contribution in [0.2, 0.25) is 0 Å². The first-order chi connectivity index (χ1) is 9.18. The first-order valence-corrected chi connectivity index (χ1v) is 6.45. The van der Waals surface area contributed by atoms with Crippen LogP contribution < -0.4 is 11.1 Å².